The Morgan fingerprint density at radius 2 is 1.85 bits per heavy atom. The predicted molar refractivity (Wildman–Crippen MR) is 97.6 cm³/mol. The maximum Gasteiger partial charge on any atom is 0.155 e. The smallest absolute Gasteiger partial charge is 0.155 e. The summed E-state index contributed by atoms with van der Waals surface area (Å²) in [6.45, 7) is 1.84. The van der Waals surface area contributed by atoms with E-state index in [9.17, 15) is 14.0 Å². The number of thiazole rings is 1. The van der Waals surface area contributed by atoms with Crippen molar-refractivity contribution in [3.63, 3.8) is 0 Å². The largest absolute Gasteiger partial charge is 0.373 e. The van der Waals surface area contributed by atoms with E-state index in [0.29, 0.717) is 20.7 Å². The van der Waals surface area contributed by atoms with Crippen LogP contribution in [0.4, 0.5) is 4.39 Å². The van der Waals surface area contributed by atoms with Crippen molar-refractivity contribution in [3.8, 4) is 10.6 Å². The zero-order valence-electron chi connectivity index (χ0n) is 13.9. The fourth-order valence-electron chi connectivity index (χ4n) is 4.65. The Morgan fingerprint density at radius 1 is 1.19 bits per heavy atom. The molecule has 2 aliphatic heterocycles. The highest BCUT2D eigenvalue weighted by Crippen LogP contribution is 2.52. The maximum absolute atomic E-state index is 14.3. The van der Waals surface area contributed by atoms with E-state index in [-0.39, 0.29) is 41.4 Å². The van der Waals surface area contributed by atoms with Gasteiger partial charge in [-0.05, 0) is 38.0 Å². The van der Waals surface area contributed by atoms with E-state index in [1.165, 1.54) is 17.4 Å². The van der Waals surface area contributed by atoms with Crippen molar-refractivity contribution in [3.05, 3.63) is 39.1 Å². The number of rotatable bonds is 2. The molecule has 0 N–H and O–H groups in total. The van der Waals surface area contributed by atoms with Gasteiger partial charge in [-0.2, -0.15) is 0 Å². The average molecular weight is 436 g/mol. The van der Waals surface area contributed by atoms with E-state index in [2.05, 4.69) is 20.9 Å². The number of carbonyl (C=O) groups excluding carboxylic acids is 2. The second-order valence-electron chi connectivity index (χ2n) is 7.16. The topological polar surface area (TPSA) is 56.3 Å². The Morgan fingerprint density at radius 3 is 2.46 bits per heavy atom. The number of ketones is 2. The standard InChI is InChI=1S/C19H15BrFNO3S/c1-7-16(22-19(26-7)9-3-2-8(20)6-10(9)21)15-17(23)13-11-4-5-12(25-11)14(13)18(15)24/h2-3,6,11-15H,4-5H2,1H3/t11-,12+,13-,14+,15?. The molecule has 2 saturated heterocycles. The first kappa shape index (κ1) is 16.7. The minimum absolute atomic E-state index is 0.0663. The molecule has 0 spiro atoms. The van der Waals surface area contributed by atoms with Crippen LogP contribution >= 0.6 is 27.3 Å². The van der Waals surface area contributed by atoms with Gasteiger partial charge in [-0.25, -0.2) is 9.37 Å². The van der Waals surface area contributed by atoms with E-state index < -0.39 is 5.92 Å². The van der Waals surface area contributed by atoms with Crippen LogP contribution in [0.2, 0.25) is 0 Å². The minimum atomic E-state index is -0.819. The molecular formula is C19H15BrFNO3S. The first-order chi connectivity index (χ1) is 12.5. The molecule has 3 aliphatic rings. The number of carbonyl (C=O) groups is 2. The summed E-state index contributed by atoms with van der Waals surface area (Å²) in [5.41, 5.74) is 0.880. The van der Waals surface area contributed by atoms with Crippen LogP contribution in [0.5, 0.6) is 0 Å². The van der Waals surface area contributed by atoms with Crippen LogP contribution in [0.1, 0.15) is 29.3 Å². The Kier molecular flexibility index (Phi) is 3.71. The van der Waals surface area contributed by atoms with Gasteiger partial charge in [0.1, 0.15) is 16.7 Å². The van der Waals surface area contributed by atoms with Crippen molar-refractivity contribution < 1.29 is 18.7 Å². The van der Waals surface area contributed by atoms with Crippen LogP contribution < -0.4 is 0 Å². The first-order valence-electron chi connectivity index (χ1n) is 8.61. The van der Waals surface area contributed by atoms with Gasteiger partial charge in [0.05, 0.1) is 29.7 Å². The third-order valence-electron chi connectivity index (χ3n) is 5.77. The van der Waals surface area contributed by atoms with Gasteiger partial charge in [-0.3, -0.25) is 9.59 Å². The summed E-state index contributed by atoms with van der Waals surface area (Å²) in [6, 6.07) is 4.79. The van der Waals surface area contributed by atoms with Crippen LogP contribution in [0, 0.1) is 24.6 Å². The zero-order chi connectivity index (χ0) is 18.2. The van der Waals surface area contributed by atoms with E-state index in [4.69, 9.17) is 4.74 Å². The number of ether oxygens (including phenoxy) is 1. The average Bonchev–Trinajstić information content (AvgIpc) is 3.33. The predicted octanol–water partition coefficient (Wildman–Crippen LogP) is 4.05. The maximum atomic E-state index is 14.3. The molecule has 134 valence electrons. The highest BCUT2D eigenvalue weighted by atomic mass is 79.9. The number of benzene rings is 1. The van der Waals surface area contributed by atoms with Gasteiger partial charge in [-0.1, -0.05) is 15.9 Å². The molecule has 1 aromatic carbocycles. The number of Topliss-reactive ketones (excluding diaryl/α,β-unsaturated/α-hetero) is 2. The van der Waals surface area contributed by atoms with Gasteiger partial charge >= 0.3 is 0 Å². The SMILES string of the molecule is Cc1sc(-c2ccc(Br)cc2F)nc1C1C(=O)[C@@H]2[C@H](C1=O)[C@H]1CC[C@@H]2O1. The Bertz CT molecular complexity index is 930. The molecule has 3 fully saturated rings. The summed E-state index contributed by atoms with van der Waals surface area (Å²) in [6.07, 6.45) is 1.47. The van der Waals surface area contributed by atoms with Crippen molar-refractivity contribution in [1.82, 2.24) is 4.98 Å². The zero-order valence-corrected chi connectivity index (χ0v) is 16.3. The highest BCUT2D eigenvalue weighted by Gasteiger charge is 2.63. The second kappa shape index (κ2) is 5.78. The third-order valence-corrected chi connectivity index (χ3v) is 7.28. The van der Waals surface area contributed by atoms with E-state index in [1.807, 2.05) is 6.92 Å². The number of aromatic nitrogens is 1. The minimum Gasteiger partial charge on any atom is -0.373 e. The van der Waals surface area contributed by atoms with Crippen molar-refractivity contribution >= 4 is 38.8 Å². The lowest BCUT2D eigenvalue weighted by atomic mass is 9.81. The van der Waals surface area contributed by atoms with Gasteiger partial charge in [-0.15, -0.1) is 11.3 Å². The van der Waals surface area contributed by atoms with Crippen molar-refractivity contribution in [2.75, 3.05) is 0 Å². The highest BCUT2D eigenvalue weighted by molar-refractivity contribution is 9.10. The number of nitrogens with zero attached hydrogens (tertiary/aromatic N) is 1. The molecule has 5 rings (SSSR count). The molecule has 1 saturated carbocycles. The Hall–Kier alpha value is -1.44. The number of hydrogen-bond acceptors (Lipinski definition) is 5. The monoisotopic (exact) mass is 435 g/mol. The van der Waals surface area contributed by atoms with Crippen LogP contribution in [-0.4, -0.2) is 28.8 Å². The number of aryl methyl sites for hydroxylation is 1. The molecule has 26 heavy (non-hydrogen) atoms. The summed E-state index contributed by atoms with van der Waals surface area (Å²) < 4.78 is 20.7. The molecule has 5 atom stereocenters. The fourth-order valence-corrected chi connectivity index (χ4v) is 5.96. The molecule has 3 heterocycles. The molecular weight excluding hydrogens is 421 g/mol. The Labute approximate surface area is 161 Å². The summed E-state index contributed by atoms with van der Waals surface area (Å²) in [7, 11) is 0. The van der Waals surface area contributed by atoms with Gasteiger partial charge in [0.15, 0.2) is 11.6 Å². The third kappa shape index (κ3) is 2.23. The van der Waals surface area contributed by atoms with Gasteiger partial charge in [0.25, 0.3) is 0 Å². The molecule has 4 nitrogen and oxygen atoms in total. The van der Waals surface area contributed by atoms with Gasteiger partial charge in [0.2, 0.25) is 0 Å². The molecule has 1 unspecified atom stereocenters. The lowest BCUT2D eigenvalue weighted by Crippen LogP contribution is -2.29. The Balaban J connectivity index is 1.54. The van der Waals surface area contributed by atoms with Gasteiger partial charge in [0, 0.05) is 14.9 Å². The molecule has 2 bridgehead atoms. The van der Waals surface area contributed by atoms with Crippen LogP contribution in [-0.2, 0) is 14.3 Å². The van der Waals surface area contributed by atoms with Crippen molar-refractivity contribution in [2.24, 2.45) is 11.8 Å². The number of halogens is 2. The number of hydrogen-bond donors (Lipinski definition) is 0. The summed E-state index contributed by atoms with van der Waals surface area (Å²) in [5.74, 6) is -1.97. The number of fused-ring (bicyclic) bond motifs is 5. The van der Waals surface area contributed by atoms with E-state index in [1.54, 1.807) is 12.1 Å². The summed E-state index contributed by atoms with van der Waals surface area (Å²) in [5, 5.41) is 0.499. The lowest BCUT2D eigenvalue weighted by molar-refractivity contribution is -0.127. The summed E-state index contributed by atoms with van der Waals surface area (Å²) >= 11 is 4.57. The summed E-state index contributed by atoms with van der Waals surface area (Å²) in [4.78, 5) is 31.3. The van der Waals surface area contributed by atoms with E-state index in [0.717, 1.165) is 17.7 Å². The van der Waals surface area contributed by atoms with Crippen molar-refractivity contribution in [1.29, 1.82) is 0 Å². The molecule has 0 radical (unpaired) electrons. The second-order valence-corrected chi connectivity index (χ2v) is 9.28. The molecule has 7 heteroatoms. The van der Waals surface area contributed by atoms with Gasteiger partial charge < -0.3 is 4.74 Å². The first-order valence-corrected chi connectivity index (χ1v) is 10.2. The van der Waals surface area contributed by atoms with Crippen molar-refractivity contribution in [2.45, 2.75) is 37.9 Å². The quantitative estimate of drug-likeness (QED) is 0.667. The van der Waals surface area contributed by atoms with Crippen LogP contribution in [0.3, 0.4) is 0 Å². The van der Waals surface area contributed by atoms with Crippen LogP contribution in [0.25, 0.3) is 10.6 Å². The molecule has 0 amide bonds. The molecule has 2 aromatic rings. The van der Waals surface area contributed by atoms with E-state index >= 15 is 0 Å². The lowest BCUT2D eigenvalue weighted by Gasteiger charge is -2.16. The molecule has 1 aliphatic carbocycles. The normalized spacial score (nSPS) is 32.5. The fraction of sp³-hybridized carbons (Fsp3) is 0.421. The van der Waals surface area contributed by atoms with Crippen LogP contribution in [0.15, 0.2) is 22.7 Å². The molecule has 1 aromatic heterocycles.